The molecule has 20 heavy (non-hydrogen) atoms. The molecule has 0 bridgehead atoms. The summed E-state index contributed by atoms with van der Waals surface area (Å²) in [5.74, 6) is 0.672. The van der Waals surface area contributed by atoms with Crippen LogP contribution >= 0.6 is 0 Å². The van der Waals surface area contributed by atoms with Gasteiger partial charge in [0.15, 0.2) is 0 Å². The molecule has 2 aliphatic rings. The van der Waals surface area contributed by atoms with Gasteiger partial charge in [0.25, 0.3) is 0 Å². The standard InChI is InChI=1S/C14H25N3O2S/c1-13(11-15)16-7-9-17(10-8-16)20(18,19)12-14-5-3-2-4-6-14/h13-14H,2-10,12H2,1H3. The highest BCUT2D eigenvalue weighted by Crippen LogP contribution is 2.26. The summed E-state index contributed by atoms with van der Waals surface area (Å²) in [6.07, 6.45) is 5.72. The maximum atomic E-state index is 12.4. The van der Waals surface area contributed by atoms with Crippen LogP contribution in [0.1, 0.15) is 39.0 Å². The zero-order valence-corrected chi connectivity index (χ0v) is 13.1. The minimum Gasteiger partial charge on any atom is -0.286 e. The van der Waals surface area contributed by atoms with Gasteiger partial charge < -0.3 is 0 Å². The summed E-state index contributed by atoms with van der Waals surface area (Å²) in [7, 11) is -3.12. The quantitative estimate of drug-likeness (QED) is 0.787. The van der Waals surface area contributed by atoms with Gasteiger partial charge in [0.1, 0.15) is 0 Å². The smallest absolute Gasteiger partial charge is 0.214 e. The minimum atomic E-state index is -3.12. The summed E-state index contributed by atoms with van der Waals surface area (Å²) < 4.78 is 26.5. The van der Waals surface area contributed by atoms with E-state index in [0.29, 0.717) is 37.8 Å². The number of rotatable bonds is 4. The molecule has 0 radical (unpaired) electrons. The van der Waals surface area contributed by atoms with Crippen molar-refractivity contribution in [3.8, 4) is 6.07 Å². The summed E-state index contributed by atoms with van der Waals surface area (Å²) in [6, 6.07) is 2.09. The minimum absolute atomic E-state index is 0.127. The van der Waals surface area contributed by atoms with Crippen LogP contribution in [-0.2, 0) is 10.0 Å². The van der Waals surface area contributed by atoms with Crippen molar-refractivity contribution in [1.82, 2.24) is 9.21 Å². The van der Waals surface area contributed by atoms with Crippen LogP contribution in [0.2, 0.25) is 0 Å². The lowest BCUT2D eigenvalue weighted by Gasteiger charge is -2.36. The average molecular weight is 299 g/mol. The van der Waals surface area contributed by atoms with Crippen molar-refractivity contribution >= 4 is 10.0 Å². The Morgan fingerprint density at radius 3 is 2.30 bits per heavy atom. The van der Waals surface area contributed by atoms with Gasteiger partial charge in [0.2, 0.25) is 10.0 Å². The first kappa shape index (κ1) is 15.7. The Kier molecular flexibility index (Phi) is 5.42. The van der Waals surface area contributed by atoms with Crippen LogP contribution in [0.25, 0.3) is 0 Å². The summed E-state index contributed by atoms with van der Waals surface area (Å²) in [4.78, 5) is 2.05. The normalized spacial score (nSPS) is 25.2. The van der Waals surface area contributed by atoms with Crippen molar-refractivity contribution in [3.05, 3.63) is 0 Å². The number of piperazine rings is 1. The Bertz CT molecular complexity index is 444. The first-order chi connectivity index (χ1) is 9.53. The average Bonchev–Trinajstić information content (AvgIpc) is 2.47. The van der Waals surface area contributed by atoms with Crippen LogP contribution in [0.5, 0.6) is 0 Å². The van der Waals surface area contributed by atoms with E-state index in [-0.39, 0.29) is 6.04 Å². The van der Waals surface area contributed by atoms with Crippen LogP contribution in [0.3, 0.4) is 0 Å². The van der Waals surface area contributed by atoms with Crippen molar-refractivity contribution in [2.24, 2.45) is 5.92 Å². The predicted octanol–water partition coefficient (Wildman–Crippen LogP) is 1.43. The SMILES string of the molecule is CC(C#N)N1CCN(S(=O)(=O)CC2CCCCC2)CC1. The fourth-order valence-corrected chi connectivity index (χ4v) is 5.07. The fourth-order valence-electron chi connectivity index (χ4n) is 3.21. The third-order valence-corrected chi connectivity index (χ3v) is 6.62. The van der Waals surface area contributed by atoms with E-state index in [0.717, 1.165) is 12.8 Å². The van der Waals surface area contributed by atoms with Gasteiger partial charge in [0, 0.05) is 26.2 Å². The van der Waals surface area contributed by atoms with Gasteiger partial charge in [-0.2, -0.15) is 9.57 Å². The fraction of sp³-hybridized carbons (Fsp3) is 0.929. The van der Waals surface area contributed by atoms with E-state index in [1.165, 1.54) is 19.3 Å². The Morgan fingerprint density at radius 1 is 1.15 bits per heavy atom. The van der Waals surface area contributed by atoms with E-state index in [2.05, 4.69) is 6.07 Å². The van der Waals surface area contributed by atoms with Crippen LogP contribution < -0.4 is 0 Å². The Balaban J connectivity index is 1.87. The number of hydrogen-bond acceptors (Lipinski definition) is 4. The highest BCUT2D eigenvalue weighted by Gasteiger charge is 2.31. The van der Waals surface area contributed by atoms with Crippen LogP contribution in [0.4, 0.5) is 0 Å². The highest BCUT2D eigenvalue weighted by molar-refractivity contribution is 7.89. The predicted molar refractivity (Wildman–Crippen MR) is 78.6 cm³/mol. The van der Waals surface area contributed by atoms with Crippen LogP contribution in [0.15, 0.2) is 0 Å². The molecule has 0 aromatic rings. The second-order valence-corrected chi connectivity index (χ2v) is 8.04. The molecule has 5 nitrogen and oxygen atoms in total. The second-order valence-electron chi connectivity index (χ2n) is 6.02. The lowest BCUT2D eigenvalue weighted by atomic mass is 9.91. The lowest BCUT2D eigenvalue weighted by molar-refractivity contribution is 0.169. The third kappa shape index (κ3) is 3.94. The third-order valence-electron chi connectivity index (χ3n) is 4.57. The van der Waals surface area contributed by atoms with Crippen LogP contribution in [-0.4, -0.2) is 55.6 Å². The molecule has 0 aromatic carbocycles. The Labute approximate surface area is 122 Å². The monoisotopic (exact) mass is 299 g/mol. The Morgan fingerprint density at radius 2 is 1.75 bits per heavy atom. The van der Waals surface area contributed by atoms with E-state index in [1.807, 2.05) is 11.8 Å². The molecule has 2 rings (SSSR count). The van der Waals surface area contributed by atoms with Crippen LogP contribution in [0, 0.1) is 17.2 Å². The number of hydrogen-bond donors (Lipinski definition) is 0. The topological polar surface area (TPSA) is 64.4 Å². The molecule has 1 aliphatic carbocycles. The molecule has 1 aliphatic heterocycles. The molecule has 1 saturated carbocycles. The molecule has 1 atom stereocenters. The van der Waals surface area contributed by atoms with Gasteiger partial charge in [-0.05, 0) is 25.7 Å². The van der Waals surface area contributed by atoms with Gasteiger partial charge in [0.05, 0.1) is 17.9 Å². The maximum absolute atomic E-state index is 12.4. The van der Waals surface area contributed by atoms with Crippen molar-refractivity contribution in [1.29, 1.82) is 5.26 Å². The van der Waals surface area contributed by atoms with Crippen molar-refractivity contribution in [3.63, 3.8) is 0 Å². The van der Waals surface area contributed by atoms with E-state index in [4.69, 9.17) is 5.26 Å². The highest BCUT2D eigenvalue weighted by atomic mass is 32.2. The molecule has 114 valence electrons. The summed E-state index contributed by atoms with van der Waals surface area (Å²) in [6.45, 7) is 4.26. The van der Waals surface area contributed by atoms with Gasteiger partial charge >= 0.3 is 0 Å². The summed E-state index contributed by atoms with van der Waals surface area (Å²) in [5, 5.41) is 8.91. The molecular formula is C14H25N3O2S. The number of sulfonamides is 1. The summed E-state index contributed by atoms with van der Waals surface area (Å²) >= 11 is 0. The zero-order chi connectivity index (χ0) is 14.6. The molecule has 1 heterocycles. The van der Waals surface area contributed by atoms with Gasteiger partial charge in [-0.25, -0.2) is 8.42 Å². The van der Waals surface area contributed by atoms with E-state index in [9.17, 15) is 8.42 Å². The molecule has 0 amide bonds. The van der Waals surface area contributed by atoms with E-state index in [1.54, 1.807) is 4.31 Å². The largest absolute Gasteiger partial charge is 0.286 e. The first-order valence-corrected chi connectivity index (χ1v) is 9.25. The molecule has 0 aromatic heterocycles. The van der Waals surface area contributed by atoms with Gasteiger partial charge in [-0.3, -0.25) is 4.90 Å². The summed E-state index contributed by atoms with van der Waals surface area (Å²) in [5.41, 5.74) is 0. The molecule has 1 unspecified atom stereocenters. The van der Waals surface area contributed by atoms with Crippen molar-refractivity contribution < 1.29 is 8.42 Å². The van der Waals surface area contributed by atoms with E-state index < -0.39 is 10.0 Å². The Hall–Kier alpha value is -0.640. The number of nitriles is 1. The second kappa shape index (κ2) is 6.88. The number of nitrogens with zero attached hydrogens (tertiary/aromatic N) is 3. The van der Waals surface area contributed by atoms with Crippen molar-refractivity contribution in [2.45, 2.75) is 45.1 Å². The molecule has 2 fully saturated rings. The molecular weight excluding hydrogens is 274 g/mol. The molecule has 0 spiro atoms. The lowest BCUT2D eigenvalue weighted by Crippen LogP contribution is -2.51. The van der Waals surface area contributed by atoms with Gasteiger partial charge in [-0.1, -0.05) is 19.3 Å². The zero-order valence-electron chi connectivity index (χ0n) is 12.3. The molecule has 1 saturated heterocycles. The van der Waals surface area contributed by atoms with Gasteiger partial charge in [-0.15, -0.1) is 0 Å². The first-order valence-electron chi connectivity index (χ1n) is 7.64. The molecule has 6 heteroatoms. The van der Waals surface area contributed by atoms with E-state index >= 15 is 0 Å². The maximum Gasteiger partial charge on any atom is 0.214 e. The van der Waals surface area contributed by atoms with Crippen molar-refractivity contribution in [2.75, 3.05) is 31.9 Å². The molecule has 0 N–H and O–H groups in total.